The fourth-order valence-electron chi connectivity index (χ4n) is 4.11. The third kappa shape index (κ3) is 3.59. The van der Waals surface area contributed by atoms with E-state index in [0.29, 0.717) is 12.1 Å². The van der Waals surface area contributed by atoms with Crippen molar-refractivity contribution in [2.75, 3.05) is 25.0 Å². The van der Waals surface area contributed by atoms with Crippen LogP contribution in [0.1, 0.15) is 41.6 Å². The molecule has 3 aliphatic rings. The fraction of sp³-hybridized carbons (Fsp3) is 0.588. The molecule has 1 amide bonds. The molecule has 128 valence electrons. The van der Waals surface area contributed by atoms with E-state index < -0.39 is 0 Å². The summed E-state index contributed by atoms with van der Waals surface area (Å²) in [6, 6.07) is 6.94. The number of carbonyl (C=O) groups is 1. The Labute approximate surface area is 150 Å². The highest BCUT2D eigenvalue weighted by molar-refractivity contribution is 5.95. The Morgan fingerprint density at radius 2 is 2.04 bits per heavy atom. The molecule has 0 saturated carbocycles. The van der Waals surface area contributed by atoms with Gasteiger partial charge in [-0.05, 0) is 56.0 Å². The number of anilines is 1. The first-order valence-corrected chi connectivity index (χ1v) is 8.23. The summed E-state index contributed by atoms with van der Waals surface area (Å²) in [7, 11) is 0. The average molecular weight is 358 g/mol. The van der Waals surface area contributed by atoms with Crippen LogP contribution in [0.25, 0.3) is 0 Å². The van der Waals surface area contributed by atoms with Crippen LogP contribution in [0.4, 0.5) is 5.69 Å². The highest BCUT2D eigenvalue weighted by Crippen LogP contribution is 2.28. The molecule has 2 saturated heterocycles. The van der Waals surface area contributed by atoms with Gasteiger partial charge >= 0.3 is 0 Å². The molecule has 2 N–H and O–H groups in total. The molecule has 0 aliphatic carbocycles. The van der Waals surface area contributed by atoms with E-state index in [1.54, 1.807) is 0 Å². The van der Waals surface area contributed by atoms with Gasteiger partial charge < -0.3 is 10.6 Å². The smallest absolute Gasteiger partial charge is 0.251 e. The number of benzene rings is 1. The SMILES string of the molecule is Cl.Cl.O=C(NC1CCN2CCCCC12)c1ccc2c(c1)CCN2. The summed E-state index contributed by atoms with van der Waals surface area (Å²) in [4.78, 5) is 15.1. The van der Waals surface area contributed by atoms with Gasteiger partial charge in [0.25, 0.3) is 5.91 Å². The monoisotopic (exact) mass is 357 g/mol. The maximum Gasteiger partial charge on any atom is 0.251 e. The molecular formula is C17H25Cl2N3O. The lowest BCUT2D eigenvalue weighted by Crippen LogP contribution is -2.46. The minimum atomic E-state index is 0. The minimum absolute atomic E-state index is 0. The van der Waals surface area contributed by atoms with Crippen molar-refractivity contribution >= 4 is 36.4 Å². The lowest BCUT2D eigenvalue weighted by Gasteiger charge is -2.32. The molecule has 2 unspecified atom stereocenters. The molecule has 0 spiro atoms. The Balaban J connectivity index is 0.000000960. The van der Waals surface area contributed by atoms with E-state index in [1.807, 2.05) is 12.1 Å². The average Bonchev–Trinajstić information content (AvgIpc) is 3.13. The summed E-state index contributed by atoms with van der Waals surface area (Å²) in [6.45, 7) is 3.34. The molecule has 23 heavy (non-hydrogen) atoms. The second kappa shape index (κ2) is 7.73. The molecule has 0 bridgehead atoms. The summed E-state index contributed by atoms with van der Waals surface area (Å²) >= 11 is 0. The van der Waals surface area contributed by atoms with Gasteiger partial charge in [0.2, 0.25) is 0 Å². The van der Waals surface area contributed by atoms with Crippen molar-refractivity contribution in [3.8, 4) is 0 Å². The van der Waals surface area contributed by atoms with Crippen LogP contribution in [-0.4, -0.2) is 42.5 Å². The first-order valence-electron chi connectivity index (χ1n) is 8.23. The minimum Gasteiger partial charge on any atom is -0.384 e. The van der Waals surface area contributed by atoms with Gasteiger partial charge in [-0.15, -0.1) is 24.8 Å². The maximum absolute atomic E-state index is 12.5. The molecule has 0 aromatic heterocycles. The van der Waals surface area contributed by atoms with E-state index in [9.17, 15) is 4.79 Å². The number of carbonyl (C=O) groups excluding carboxylic acids is 1. The number of rotatable bonds is 2. The number of amides is 1. The van der Waals surface area contributed by atoms with E-state index in [-0.39, 0.29) is 30.7 Å². The lowest BCUT2D eigenvalue weighted by atomic mass is 9.98. The summed E-state index contributed by atoms with van der Waals surface area (Å²) in [6.07, 6.45) is 5.98. The summed E-state index contributed by atoms with van der Waals surface area (Å²) in [5.74, 6) is 0.0992. The Kier molecular flexibility index (Phi) is 6.18. The Hall–Kier alpha value is -0.970. The van der Waals surface area contributed by atoms with Crippen LogP contribution in [0, 0.1) is 0 Å². The van der Waals surface area contributed by atoms with Crippen molar-refractivity contribution in [2.45, 2.75) is 44.2 Å². The number of nitrogens with one attached hydrogen (secondary N) is 2. The Morgan fingerprint density at radius 1 is 1.17 bits per heavy atom. The van der Waals surface area contributed by atoms with Crippen molar-refractivity contribution in [2.24, 2.45) is 0 Å². The second-order valence-corrected chi connectivity index (χ2v) is 6.52. The van der Waals surface area contributed by atoms with Gasteiger partial charge in [-0.1, -0.05) is 6.42 Å². The van der Waals surface area contributed by atoms with Crippen LogP contribution in [-0.2, 0) is 6.42 Å². The van der Waals surface area contributed by atoms with Crippen LogP contribution in [0.2, 0.25) is 0 Å². The van der Waals surface area contributed by atoms with E-state index >= 15 is 0 Å². The number of piperidine rings is 1. The summed E-state index contributed by atoms with van der Waals surface area (Å²) in [5.41, 5.74) is 3.27. The van der Waals surface area contributed by atoms with E-state index in [2.05, 4.69) is 21.6 Å². The number of hydrogen-bond acceptors (Lipinski definition) is 3. The molecule has 4 nitrogen and oxygen atoms in total. The zero-order chi connectivity index (χ0) is 14.2. The molecule has 1 aromatic carbocycles. The van der Waals surface area contributed by atoms with Crippen LogP contribution < -0.4 is 10.6 Å². The van der Waals surface area contributed by atoms with Crippen molar-refractivity contribution in [1.29, 1.82) is 0 Å². The van der Waals surface area contributed by atoms with Crippen LogP contribution >= 0.6 is 24.8 Å². The molecule has 3 aliphatic heterocycles. The zero-order valence-electron chi connectivity index (χ0n) is 13.2. The Bertz CT molecular complexity index is 567. The first-order chi connectivity index (χ1) is 10.3. The number of hydrogen-bond donors (Lipinski definition) is 2. The topological polar surface area (TPSA) is 44.4 Å². The van der Waals surface area contributed by atoms with E-state index in [4.69, 9.17) is 0 Å². The van der Waals surface area contributed by atoms with Crippen molar-refractivity contribution < 1.29 is 4.79 Å². The standard InChI is InChI=1S/C17H23N3O.2ClH/c21-17(13-4-5-14-12(11-13)6-8-18-14)19-15-7-10-20-9-2-1-3-16(15)20;;/h4-5,11,15-16,18H,1-3,6-10H2,(H,19,21);2*1H. The number of halogens is 2. The lowest BCUT2D eigenvalue weighted by molar-refractivity contribution is 0.0915. The molecule has 1 aromatic rings. The van der Waals surface area contributed by atoms with Crippen molar-refractivity contribution in [3.63, 3.8) is 0 Å². The molecule has 2 atom stereocenters. The highest BCUT2D eigenvalue weighted by Gasteiger charge is 2.36. The third-order valence-corrected chi connectivity index (χ3v) is 5.25. The van der Waals surface area contributed by atoms with Crippen LogP contribution in [0.3, 0.4) is 0 Å². The van der Waals surface area contributed by atoms with E-state index in [1.165, 1.54) is 37.1 Å². The van der Waals surface area contributed by atoms with Gasteiger partial charge in [-0.2, -0.15) is 0 Å². The van der Waals surface area contributed by atoms with Gasteiger partial charge in [-0.25, -0.2) is 0 Å². The maximum atomic E-state index is 12.5. The molecular weight excluding hydrogens is 333 g/mol. The molecule has 2 fully saturated rings. The molecule has 3 heterocycles. The predicted molar refractivity (Wildman–Crippen MR) is 98.2 cm³/mol. The first kappa shape index (κ1) is 18.4. The second-order valence-electron chi connectivity index (χ2n) is 6.52. The third-order valence-electron chi connectivity index (χ3n) is 5.25. The quantitative estimate of drug-likeness (QED) is 0.855. The summed E-state index contributed by atoms with van der Waals surface area (Å²) < 4.78 is 0. The molecule has 6 heteroatoms. The van der Waals surface area contributed by atoms with Crippen molar-refractivity contribution in [1.82, 2.24) is 10.2 Å². The van der Waals surface area contributed by atoms with Gasteiger partial charge in [0.15, 0.2) is 0 Å². The van der Waals surface area contributed by atoms with Crippen LogP contribution in [0.5, 0.6) is 0 Å². The largest absolute Gasteiger partial charge is 0.384 e. The zero-order valence-corrected chi connectivity index (χ0v) is 14.8. The van der Waals surface area contributed by atoms with Crippen LogP contribution in [0.15, 0.2) is 18.2 Å². The van der Waals surface area contributed by atoms with E-state index in [0.717, 1.165) is 31.5 Å². The van der Waals surface area contributed by atoms with Crippen molar-refractivity contribution in [3.05, 3.63) is 29.3 Å². The fourth-order valence-corrected chi connectivity index (χ4v) is 4.11. The Morgan fingerprint density at radius 3 is 2.91 bits per heavy atom. The number of nitrogens with zero attached hydrogens (tertiary/aromatic N) is 1. The predicted octanol–water partition coefficient (Wildman–Crippen LogP) is 2.85. The highest BCUT2D eigenvalue weighted by atomic mass is 35.5. The number of fused-ring (bicyclic) bond motifs is 2. The normalized spacial score (nSPS) is 25.4. The van der Waals surface area contributed by atoms with Gasteiger partial charge in [0.05, 0.1) is 0 Å². The van der Waals surface area contributed by atoms with Gasteiger partial charge in [0.1, 0.15) is 0 Å². The molecule has 0 radical (unpaired) electrons. The van der Waals surface area contributed by atoms with Gasteiger partial charge in [0, 0.05) is 36.4 Å². The summed E-state index contributed by atoms with van der Waals surface area (Å²) in [5, 5.41) is 6.62. The molecule has 4 rings (SSSR count). The van der Waals surface area contributed by atoms with Gasteiger partial charge in [-0.3, -0.25) is 9.69 Å².